The second-order valence-corrected chi connectivity index (χ2v) is 7.43. The van der Waals surface area contributed by atoms with Crippen LogP contribution in [-0.2, 0) is 5.54 Å². The van der Waals surface area contributed by atoms with Gasteiger partial charge in [-0.3, -0.25) is 0 Å². The molecule has 0 amide bonds. The fourth-order valence-electron chi connectivity index (χ4n) is 4.33. The molecule has 2 heterocycles. The fourth-order valence-corrected chi connectivity index (χ4v) is 4.33. The van der Waals surface area contributed by atoms with Gasteiger partial charge in [-0.15, -0.1) is 0 Å². The summed E-state index contributed by atoms with van der Waals surface area (Å²) in [6.45, 7) is 2.02. The lowest BCUT2D eigenvalue weighted by atomic mass is 9.77. The van der Waals surface area contributed by atoms with Crippen LogP contribution >= 0.6 is 0 Å². The van der Waals surface area contributed by atoms with E-state index >= 15 is 0 Å². The van der Waals surface area contributed by atoms with E-state index in [1.807, 2.05) is 37.4 Å². The van der Waals surface area contributed by atoms with E-state index < -0.39 is 5.54 Å². The monoisotopic (exact) mass is 390 g/mol. The van der Waals surface area contributed by atoms with E-state index in [2.05, 4.69) is 82.5 Å². The zero-order chi connectivity index (χ0) is 20.6. The van der Waals surface area contributed by atoms with Crippen molar-refractivity contribution < 1.29 is 0 Å². The van der Waals surface area contributed by atoms with Gasteiger partial charge in [-0.05, 0) is 23.6 Å². The Labute approximate surface area is 175 Å². The van der Waals surface area contributed by atoms with Crippen molar-refractivity contribution in [2.24, 2.45) is 0 Å². The molecule has 30 heavy (non-hydrogen) atoms. The van der Waals surface area contributed by atoms with Crippen LogP contribution in [0.15, 0.2) is 103 Å². The van der Waals surface area contributed by atoms with Gasteiger partial charge in [-0.1, -0.05) is 91.0 Å². The maximum Gasteiger partial charge on any atom is 0.138 e. The van der Waals surface area contributed by atoms with Crippen molar-refractivity contribution in [2.75, 3.05) is 5.73 Å². The SMILES string of the molecule is Cc1nn(C(c2ccccc2)(c2ccccc2)c2ccccc2)c2cc(N)ncc12. The third-order valence-corrected chi connectivity index (χ3v) is 5.66. The standard InChI is InChI=1S/C26H22N4/c1-19-23-18-28-25(27)17-24(23)30(29-19)26(20-11-5-2-6-12-20,21-13-7-3-8-14-21)22-15-9-4-10-16-22/h2-18H,1H3,(H2,27,28). The number of hydrogen-bond donors (Lipinski definition) is 1. The molecule has 0 unspecified atom stereocenters. The molecule has 2 aromatic heterocycles. The van der Waals surface area contributed by atoms with E-state index in [4.69, 9.17) is 10.8 Å². The van der Waals surface area contributed by atoms with Crippen LogP contribution in [0.4, 0.5) is 5.82 Å². The van der Waals surface area contributed by atoms with Gasteiger partial charge >= 0.3 is 0 Å². The molecule has 5 rings (SSSR count). The lowest BCUT2D eigenvalue weighted by Crippen LogP contribution is -2.38. The summed E-state index contributed by atoms with van der Waals surface area (Å²) in [5.74, 6) is 0.478. The Morgan fingerprint density at radius 3 is 1.67 bits per heavy atom. The highest BCUT2D eigenvalue weighted by molar-refractivity contribution is 5.84. The predicted molar refractivity (Wildman–Crippen MR) is 121 cm³/mol. The topological polar surface area (TPSA) is 56.7 Å². The number of benzene rings is 3. The molecule has 0 atom stereocenters. The third-order valence-electron chi connectivity index (χ3n) is 5.66. The van der Waals surface area contributed by atoms with E-state index in [1.165, 1.54) is 0 Å². The number of aryl methyl sites for hydroxylation is 1. The average molecular weight is 390 g/mol. The van der Waals surface area contributed by atoms with Gasteiger partial charge in [-0.2, -0.15) is 5.10 Å². The number of nitrogens with zero attached hydrogens (tertiary/aromatic N) is 3. The summed E-state index contributed by atoms with van der Waals surface area (Å²) in [5, 5.41) is 6.05. The number of anilines is 1. The number of pyridine rings is 1. The minimum Gasteiger partial charge on any atom is -0.384 e. The first-order valence-electron chi connectivity index (χ1n) is 9.99. The number of fused-ring (bicyclic) bond motifs is 1. The third kappa shape index (κ3) is 2.69. The molecule has 0 aliphatic rings. The predicted octanol–water partition coefficient (Wildman–Crippen LogP) is 5.16. The van der Waals surface area contributed by atoms with Gasteiger partial charge in [-0.25, -0.2) is 9.67 Å². The van der Waals surface area contributed by atoms with Crippen LogP contribution in [0.25, 0.3) is 10.9 Å². The normalized spacial score (nSPS) is 11.6. The average Bonchev–Trinajstić information content (AvgIpc) is 3.12. The molecule has 4 nitrogen and oxygen atoms in total. The van der Waals surface area contributed by atoms with Crippen molar-refractivity contribution in [3.8, 4) is 0 Å². The molecule has 0 radical (unpaired) electrons. The Morgan fingerprint density at radius 2 is 1.20 bits per heavy atom. The zero-order valence-electron chi connectivity index (χ0n) is 16.7. The lowest BCUT2D eigenvalue weighted by molar-refractivity contribution is 0.473. The van der Waals surface area contributed by atoms with Gasteiger partial charge in [0, 0.05) is 17.6 Å². The van der Waals surface area contributed by atoms with E-state index in [0.717, 1.165) is 33.3 Å². The molecular weight excluding hydrogens is 368 g/mol. The summed E-state index contributed by atoms with van der Waals surface area (Å²) in [6.07, 6.45) is 1.81. The molecule has 0 aliphatic carbocycles. The summed E-state index contributed by atoms with van der Waals surface area (Å²) in [6, 6.07) is 33.4. The Kier molecular flexibility index (Phi) is 4.32. The maximum absolute atomic E-state index is 6.11. The molecule has 2 N–H and O–H groups in total. The van der Waals surface area contributed by atoms with Crippen molar-refractivity contribution in [1.29, 1.82) is 0 Å². The van der Waals surface area contributed by atoms with Gasteiger partial charge in [0.25, 0.3) is 0 Å². The van der Waals surface area contributed by atoms with Crippen LogP contribution < -0.4 is 5.73 Å². The van der Waals surface area contributed by atoms with Crippen molar-refractivity contribution in [3.05, 3.63) is 126 Å². The molecular formula is C26H22N4. The smallest absolute Gasteiger partial charge is 0.138 e. The number of nitrogens with two attached hydrogens (primary N) is 1. The Hall–Kier alpha value is -3.92. The second-order valence-electron chi connectivity index (χ2n) is 7.43. The van der Waals surface area contributed by atoms with Gasteiger partial charge in [0.05, 0.1) is 11.2 Å². The molecule has 0 spiro atoms. The van der Waals surface area contributed by atoms with Crippen molar-refractivity contribution in [1.82, 2.24) is 14.8 Å². The Bertz CT molecular complexity index is 1200. The Balaban J connectivity index is 1.99. The van der Waals surface area contributed by atoms with Gasteiger partial charge in [0.15, 0.2) is 0 Å². The first kappa shape index (κ1) is 18.1. The summed E-state index contributed by atoms with van der Waals surface area (Å²) < 4.78 is 2.11. The van der Waals surface area contributed by atoms with Gasteiger partial charge in [0.1, 0.15) is 11.4 Å². The first-order valence-corrected chi connectivity index (χ1v) is 9.99. The highest BCUT2D eigenvalue weighted by Crippen LogP contribution is 2.42. The molecule has 4 heteroatoms. The fraction of sp³-hybridized carbons (Fsp3) is 0.0769. The quantitative estimate of drug-likeness (QED) is 0.431. The van der Waals surface area contributed by atoms with Crippen LogP contribution in [0.2, 0.25) is 0 Å². The molecule has 0 aliphatic heterocycles. The number of rotatable bonds is 4. The molecule has 0 fully saturated rings. The number of hydrogen-bond acceptors (Lipinski definition) is 3. The molecule has 3 aromatic carbocycles. The summed E-state index contributed by atoms with van der Waals surface area (Å²) in [5.41, 5.74) is 10.7. The van der Waals surface area contributed by atoms with Crippen LogP contribution in [-0.4, -0.2) is 14.8 Å². The van der Waals surface area contributed by atoms with Crippen LogP contribution in [0.5, 0.6) is 0 Å². The van der Waals surface area contributed by atoms with Crippen LogP contribution in [0, 0.1) is 6.92 Å². The first-order chi connectivity index (χ1) is 14.7. The molecule has 0 saturated carbocycles. The van der Waals surface area contributed by atoms with Crippen molar-refractivity contribution in [3.63, 3.8) is 0 Å². The zero-order valence-corrected chi connectivity index (χ0v) is 16.7. The van der Waals surface area contributed by atoms with E-state index in [0.29, 0.717) is 5.82 Å². The number of nitrogen functional groups attached to an aromatic ring is 1. The van der Waals surface area contributed by atoms with E-state index in [1.54, 1.807) is 0 Å². The van der Waals surface area contributed by atoms with Gasteiger partial charge in [0.2, 0.25) is 0 Å². The molecule has 5 aromatic rings. The lowest BCUT2D eigenvalue weighted by Gasteiger charge is -2.37. The minimum absolute atomic E-state index is 0.478. The van der Waals surface area contributed by atoms with Crippen LogP contribution in [0.3, 0.4) is 0 Å². The highest BCUT2D eigenvalue weighted by Gasteiger charge is 2.40. The molecule has 0 bridgehead atoms. The Morgan fingerprint density at radius 1 is 0.733 bits per heavy atom. The summed E-state index contributed by atoms with van der Waals surface area (Å²) in [7, 11) is 0. The summed E-state index contributed by atoms with van der Waals surface area (Å²) >= 11 is 0. The highest BCUT2D eigenvalue weighted by atomic mass is 15.3. The molecule has 146 valence electrons. The second kappa shape index (κ2) is 7.16. The van der Waals surface area contributed by atoms with E-state index in [9.17, 15) is 0 Å². The largest absolute Gasteiger partial charge is 0.384 e. The minimum atomic E-state index is -0.663. The number of aromatic nitrogens is 3. The van der Waals surface area contributed by atoms with Crippen molar-refractivity contribution >= 4 is 16.7 Å². The van der Waals surface area contributed by atoms with Crippen molar-refractivity contribution in [2.45, 2.75) is 12.5 Å². The maximum atomic E-state index is 6.11. The van der Waals surface area contributed by atoms with E-state index in [-0.39, 0.29) is 0 Å². The van der Waals surface area contributed by atoms with Crippen LogP contribution in [0.1, 0.15) is 22.4 Å². The molecule has 0 saturated heterocycles. The summed E-state index contributed by atoms with van der Waals surface area (Å²) in [4.78, 5) is 4.31. The van der Waals surface area contributed by atoms with Gasteiger partial charge < -0.3 is 5.73 Å².